The van der Waals surface area contributed by atoms with Crippen LogP contribution in [0.4, 0.5) is 5.69 Å². The van der Waals surface area contributed by atoms with Crippen LogP contribution in [0.1, 0.15) is 0 Å². The SMILES string of the molecule is C=CCNC(=S)Nc1cccc(SC)c1. The smallest absolute Gasteiger partial charge is 0.171 e. The Morgan fingerprint density at radius 3 is 3.07 bits per heavy atom. The number of anilines is 1. The van der Waals surface area contributed by atoms with Crippen molar-refractivity contribution in [1.29, 1.82) is 0 Å². The number of hydrogen-bond donors (Lipinski definition) is 2. The Hall–Kier alpha value is -1.00. The average molecular weight is 238 g/mol. The van der Waals surface area contributed by atoms with Gasteiger partial charge in [-0.15, -0.1) is 18.3 Å². The lowest BCUT2D eigenvalue weighted by Crippen LogP contribution is -2.28. The third-order valence-electron chi connectivity index (χ3n) is 1.73. The van der Waals surface area contributed by atoms with Gasteiger partial charge in [-0.3, -0.25) is 0 Å². The first-order valence-corrected chi connectivity index (χ1v) is 6.19. The highest BCUT2D eigenvalue weighted by atomic mass is 32.2. The Kier molecular flexibility index (Phi) is 5.21. The number of thiocarbonyl (C=S) groups is 1. The van der Waals surface area contributed by atoms with Crippen molar-refractivity contribution in [3.05, 3.63) is 36.9 Å². The lowest BCUT2D eigenvalue weighted by atomic mass is 10.3. The van der Waals surface area contributed by atoms with Crippen molar-refractivity contribution in [2.24, 2.45) is 0 Å². The quantitative estimate of drug-likeness (QED) is 0.478. The van der Waals surface area contributed by atoms with Crippen LogP contribution in [0, 0.1) is 0 Å². The van der Waals surface area contributed by atoms with E-state index >= 15 is 0 Å². The van der Waals surface area contributed by atoms with E-state index in [2.05, 4.69) is 29.3 Å². The summed E-state index contributed by atoms with van der Waals surface area (Å²) in [6, 6.07) is 8.12. The molecule has 2 N–H and O–H groups in total. The van der Waals surface area contributed by atoms with Crippen molar-refractivity contribution < 1.29 is 0 Å². The minimum atomic E-state index is 0.619. The van der Waals surface area contributed by atoms with Crippen LogP contribution >= 0.6 is 24.0 Å². The molecule has 0 amide bonds. The van der Waals surface area contributed by atoms with Crippen LogP contribution in [0.2, 0.25) is 0 Å². The van der Waals surface area contributed by atoms with Gasteiger partial charge in [-0.05, 0) is 36.7 Å². The summed E-state index contributed by atoms with van der Waals surface area (Å²) < 4.78 is 0. The first-order chi connectivity index (χ1) is 7.26. The summed E-state index contributed by atoms with van der Waals surface area (Å²) >= 11 is 6.81. The molecule has 0 aliphatic carbocycles. The van der Waals surface area contributed by atoms with Crippen LogP contribution in [0.5, 0.6) is 0 Å². The van der Waals surface area contributed by atoms with Crippen LogP contribution in [-0.4, -0.2) is 17.9 Å². The van der Waals surface area contributed by atoms with Gasteiger partial charge in [0.2, 0.25) is 0 Å². The monoisotopic (exact) mass is 238 g/mol. The minimum Gasteiger partial charge on any atom is -0.359 e. The van der Waals surface area contributed by atoms with E-state index in [1.165, 1.54) is 4.90 Å². The number of rotatable bonds is 4. The standard InChI is InChI=1S/C11H14N2S2/c1-3-7-12-11(14)13-9-5-4-6-10(8-9)15-2/h3-6,8H,1,7H2,2H3,(H2,12,13,14). The van der Waals surface area contributed by atoms with E-state index in [9.17, 15) is 0 Å². The van der Waals surface area contributed by atoms with Gasteiger partial charge in [-0.25, -0.2) is 0 Å². The minimum absolute atomic E-state index is 0.619. The predicted octanol–water partition coefficient (Wildman–Crippen LogP) is 2.88. The lowest BCUT2D eigenvalue weighted by molar-refractivity contribution is 1.06. The van der Waals surface area contributed by atoms with Crippen LogP contribution in [0.25, 0.3) is 0 Å². The van der Waals surface area contributed by atoms with Gasteiger partial charge in [0.15, 0.2) is 5.11 Å². The number of benzene rings is 1. The van der Waals surface area contributed by atoms with Crippen LogP contribution < -0.4 is 10.6 Å². The van der Waals surface area contributed by atoms with Gasteiger partial charge in [0, 0.05) is 17.1 Å². The Bertz CT molecular complexity index is 350. The summed E-state index contributed by atoms with van der Waals surface area (Å²) in [6.07, 6.45) is 3.82. The second kappa shape index (κ2) is 6.48. The van der Waals surface area contributed by atoms with Crippen molar-refractivity contribution >= 4 is 34.8 Å². The fourth-order valence-corrected chi connectivity index (χ4v) is 1.70. The van der Waals surface area contributed by atoms with Crippen LogP contribution in [-0.2, 0) is 0 Å². The Morgan fingerprint density at radius 2 is 2.40 bits per heavy atom. The van der Waals surface area contributed by atoms with Crippen molar-refractivity contribution in [3.63, 3.8) is 0 Å². The molecule has 0 bridgehead atoms. The average Bonchev–Trinajstić information content (AvgIpc) is 2.26. The zero-order valence-electron chi connectivity index (χ0n) is 8.62. The summed E-state index contributed by atoms with van der Waals surface area (Å²) in [7, 11) is 0. The molecule has 4 heteroatoms. The molecule has 0 radical (unpaired) electrons. The molecular weight excluding hydrogens is 224 g/mol. The number of thioether (sulfide) groups is 1. The second-order valence-corrected chi connectivity index (χ2v) is 4.14. The van der Waals surface area contributed by atoms with E-state index in [1.807, 2.05) is 18.4 Å². The van der Waals surface area contributed by atoms with Gasteiger partial charge in [-0.2, -0.15) is 0 Å². The van der Waals surface area contributed by atoms with E-state index in [0.717, 1.165) is 5.69 Å². The fourth-order valence-electron chi connectivity index (χ4n) is 1.04. The molecule has 0 aliphatic rings. The summed E-state index contributed by atoms with van der Waals surface area (Å²) in [5, 5.41) is 6.74. The molecule has 0 unspecified atom stereocenters. The first kappa shape index (κ1) is 12.1. The van der Waals surface area contributed by atoms with Gasteiger partial charge in [-0.1, -0.05) is 12.1 Å². The summed E-state index contributed by atoms with van der Waals surface area (Å²) in [6.45, 7) is 4.29. The number of nitrogens with one attached hydrogen (secondary N) is 2. The zero-order chi connectivity index (χ0) is 11.1. The predicted molar refractivity (Wildman–Crippen MR) is 72.6 cm³/mol. The highest BCUT2D eigenvalue weighted by Gasteiger charge is 1.96. The Morgan fingerprint density at radius 1 is 1.60 bits per heavy atom. The molecule has 1 aromatic rings. The van der Waals surface area contributed by atoms with Gasteiger partial charge in [0.25, 0.3) is 0 Å². The van der Waals surface area contributed by atoms with E-state index in [-0.39, 0.29) is 0 Å². The maximum Gasteiger partial charge on any atom is 0.171 e. The highest BCUT2D eigenvalue weighted by molar-refractivity contribution is 7.98. The van der Waals surface area contributed by atoms with Gasteiger partial charge in [0.05, 0.1) is 0 Å². The molecule has 0 saturated carbocycles. The highest BCUT2D eigenvalue weighted by Crippen LogP contribution is 2.18. The maximum absolute atomic E-state index is 5.10. The van der Waals surface area contributed by atoms with Crippen molar-refractivity contribution in [1.82, 2.24) is 5.32 Å². The molecule has 0 aliphatic heterocycles. The second-order valence-electron chi connectivity index (χ2n) is 2.86. The molecule has 80 valence electrons. The zero-order valence-corrected chi connectivity index (χ0v) is 10.3. The molecule has 0 fully saturated rings. The fraction of sp³-hybridized carbons (Fsp3) is 0.182. The maximum atomic E-state index is 5.10. The molecule has 0 heterocycles. The largest absolute Gasteiger partial charge is 0.359 e. The molecule has 0 aromatic heterocycles. The summed E-state index contributed by atoms with van der Waals surface area (Å²) in [5.74, 6) is 0. The molecule has 0 atom stereocenters. The molecule has 0 spiro atoms. The molecular formula is C11H14N2S2. The van der Waals surface area contributed by atoms with Crippen molar-refractivity contribution in [2.45, 2.75) is 4.90 Å². The van der Waals surface area contributed by atoms with Crippen molar-refractivity contribution in [2.75, 3.05) is 18.1 Å². The van der Waals surface area contributed by atoms with E-state index in [0.29, 0.717) is 11.7 Å². The topological polar surface area (TPSA) is 24.1 Å². The Labute approximate surface area is 100 Å². The molecule has 2 nitrogen and oxygen atoms in total. The molecule has 1 aromatic carbocycles. The molecule has 0 saturated heterocycles. The normalized spacial score (nSPS) is 9.40. The molecule has 1 rings (SSSR count). The summed E-state index contributed by atoms with van der Waals surface area (Å²) in [4.78, 5) is 1.21. The Balaban J connectivity index is 2.55. The number of hydrogen-bond acceptors (Lipinski definition) is 2. The lowest BCUT2D eigenvalue weighted by Gasteiger charge is -2.09. The van der Waals surface area contributed by atoms with Crippen molar-refractivity contribution in [3.8, 4) is 0 Å². The third kappa shape index (κ3) is 4.36. The van der Waals surface area contributed by atoms with Gasteiger partial charge in [0.1, 0.15) is 0 Å². The summed E-state index contributed by atoms with van der Waals surface area (Å²) in [5.41, 5.74) is 1.00. The third-order valence-corrected chi connectivity index (χ3v) is 2.71. The van der Waals surface area contributed by atoms with Crippen LogP contribution in [0.3, 0.4) is 0 Å². The van der Waals surface area contributed by atoms with Gasteiger partial charge >= 0.3 is 0 Å². The molecule has 15 heavy (non-hydrogen) atoms. The first-order valence-electron chi connectivity index (χ1n) is 4.56. The van der Waals surface area contributed by atoms with Crippen LogP contribution in [0.15, 0.2) is 41.8 Å². The van der Waals surface area contributed by atoms with E-state index in [4.69, 9.17) is 12.2 Å². The van der Waals surface area contributed by atoms with E-state index < -0.39 is 0 Å². The van der Waals surface area contributed by atoms with Gasteiger partial charge < -0.3 is 10.6 Å². The van der Waals surface area contributed by atoms with E-state index in [1.54, 1.807) is 17.8 Å².